The minimum absolute atomic E-state index is 0.0823. The number of aliphatic hydroxyl groups is 1. The molecule has 4 aliphatic carbocycles. The third-order valence-electron chi connectivity index (χ3n) is 11.6. The van der Waals surface area contributed by atoms with E-state index in [9.17, 15) is 5.11 Å². The number of hydrogen-bond donors (Lipinski definition) is 1. The lowest BCUT2D eigenvalue weighted by atomic mass is 9.46. The van der Waals surface area contributed by atoms with E-state index in [1.807, 2.05) is 0 Å². The summed E-state index contributed by atoms with van der Waals surface area (Å²) in [5, 5.41) is 10.3. The van der Waals surface area contributed by atoms with Gasteiger partial charge in [-0.2, -0.15) is 0 Å². The van der Waals surface area contributed by atoms with Gasteiger partial charge in [-0.05, 0) is 116 Å². The van der Waals surface area contributed by atoms with Crippen molar-refractivity contribution in [1.29, 1.82) is 0 Å². The van der Waals surface area contributed by atoms with Gasteiger partial charge in [0.15, 0.2) is 0 Å². The highest BCUT2D eigenvalue weighted by atomic mass is 16.3. The van der Waals surface area contributed by atoms with Gasteiger partial charge in [-0.3, -0.25) is 0 Å². The molecule has 4 rings (SSSR count). The van der Waals surface area contributed by atoms with Crippen LogP contribution in [0.15, 0.2) is 11.6 Å². The average Bonchev–Trinajstić information content (AvgIpc) is 3.04. The van der Waals surface area contributed by atoms with Crippen LogP contribution in [0.2, 0.25) is 0 Å². The van der Waals surface area contributed by atoms with Gasteiger partial charge < -0.3 is 5.11 Å². The summed E-state index contributed by atoms with van der Waals surface area (Å²) < 4.78 is 0. The molecule has 0 unspecified atom stereocenters. The predicted octanol–water partition coefficient (Wildman–Crippen LogP) is 7.88. The number of fused-ring (bicyclic) bond motifs is 5. The smallest absolute Gasteiger partial charge is 0.0577 e. The maximum Gasteiger partial charge on any atom is 0.0577 e. The Hall–Kier alpha value is -0.300. The number of aliphatic hydroxyl groups excluding tert-OH is 1. The molecule has 0 saturated heterocycles. The van der Waals surface area contributed by atoms with E-state index in [0.29, 0.717) is 10.8 Å². The lowest BCUT2D eigenvalue weighted by molar-refractivity contribution is -0.0608. The van der Waals surface area contributed by atoms with Gasteiger partial charge >= 0.3 is 0 Å². The van der Waals surface area contributed by atoms with E-state index in [-0.39, 0.29) is 6.10 Å². The van der Waals surface area contributed by atoms with Crippen molar-refractivity contribution in [2.75, 3.05) is 0 Å². The van der Waals surface area contributed by atoms with Crippen LogP contribution < -0.4 is 0 Å². The number of rotatable bonds is 5. The molecule has 3 fully saturated rings. The van der Waals surface area contributed by atoms with E-state index >= 15 is 0 Å². The Kier molecular flexibility index (Phi) is 6.28. The van der Waals surface area contributed by atoms with E-state index in [1.165, 1.54) is 44.9 Å². The molecule has 30 heavy (non-hydrogen) atoms. The molecule has 10 atom stereocenters. The van der Waals surface area contributed by atoms with E-state index < -0.39 is 0 Å². The van der Waals surface area contributed by atoms with E-state index in [2.05, 4.69) is 54.5 Å². The maximum absolute atomic E-state index is 10.3. The van der Waals surface area contributed by atoms with Crippen LogP contribution in [-0.4, -0.2) is 11.2 Å². The van der Waals surface area contributed by atoms with Crippen molar-refractivity contribution in [2.45, 2.75) is 112 Å². The summed E-state index contributed by atoms with van der Waals surface area (Å²) >= 11 is 0. The Balaban J connectivity index is 1.51. The highest BCUT2D eigenvalue weighted by molar-refractivity contribution is 5.25. The van der Waals surface area contributed by atoms with Gasteiger partial charge in [0.1, 0.15) is 0 Å². The predicted molar refractivity (Wildman–Crippen MR) is 128 cm³/mol. The van der Waals surface area contributed by atoms with E-state index in [4.69, 9.17) is 0 Å². The fourth-order valence-corrected chi connectivity index (χ4v) is 9.02. The van der Waals surface area contributed by atoms with Crippen molar-refractivity contribution < 1.29 is 5.11 Å². The zero-order chi connectivity index (χ0) is 21.8. The normalized spacial score (nSPS) is 46.4. The molecule has 1 N–H and O–H groups in total. The van der Waals surface area contributed by atoms with Crippen LogP contribution in [0.5, 0.6) is 0 Å². The van der Waals surface area contributed by atoms with Crippen molar-refractivity contribution in [3.05, 3.63) is 11.6 Å². The Labute approximate surface area is 187 Å². The van der Waals surface area contributed by atoms with Crippen LogP contribution in [-0.2, 0) is 0 Å². The first-order valence-corrected chi connectivity index (χ1v) is 13.5. The first-order valence-electron chi connectivity index (χ1n) is 13.5. The number of hydrogen-bond acceptors (Lipinski definition) is 1. The molecular weight excluding hydrogens is 364 g/mol. The Morgan fingerprint density at radius 1 is 0.933 bits per heavy atom. The van der Waals surface area contributed by atoms with Crippen molar-refractivity contribution in [3.8, 4) is 0 Å². The monoisotopic (exact) mass is 414 g/mol. The summed E-state index contributed by atoms with van der Waals surface area (Å²) in [4.78, 5) is 0. The molecule has 0 aromatic carbocycles. The van der Waals surface area contributed by atoms with Crippen molar-refractivity contribution >= 4 is 0 Å². The minimum atomic E-state index is -0.0823. The van der Waals surface area contributed by atoms with Gasteiger partial charge in [-0.25, -0.2) is 0 Å². The molecule has 0 aromatic heterocycles. The second kappa shape index (κ2) is 8.24. The van der Waals surface area contributed by atoms with Crippen LogP contribution in [0.3, 0.4) is 0 Å². The molecule has 0 amide bonds. The van der Waals surface area contributed by atoms with Crippen molar-refractivity contribution in [2.24, 2.45) is 58.2 Å². The molecule has 0 aromatic rings. The van der Waals surface area contributed by atoms with Gasteiger partial charge in [0.25, 0.3) is 0 Å². The van der Waals surface area contributed by atoms with Crippen molar-refractivity contribution in [1.82, 2.24) is 0 Å². The highest BCUT2D eigenvalue weighted by Crippen LogP contribution is 2.67. The zero-order valence-corrected chi connectivity index (χ0v) is 21.1. The van der Waals surface area contributed by atoms with Crippen LogP contribution in [0.1, 0.15) is 106 Å². The summed E-state index contributed by atoms with van der Waals surface area (Å²) in [6.07, 6.45) is 14.2. The maximum atomic E-state index is 10.3. The molecule has 0 spiro atoms. The Morgan fingerprint density at radius 2 is 1.67 bits per heavy atom. The lowest BCUT2D eigenvalue weighted by Crippen LogP contribution is -2.51. The average molecular weight is 415 g/mol. The van der Waals surface area contributed by atoms with Crippen molar-refractivity contribution in [3.63, 3.8) is 0 Å². The second-order valence-electron chi connectivity index (χ2n) is 13.2. The van der Waals surface area contributed by atoms with E-state index in [1.54, 1.807) is 5.57 Å². The molecule has 0 aliphatic heterocycles. The summed E-state index contributed by atoms with van der Waals surface area (Å²) in [6.45, 7) is 17.7. The largest absolute Gasteiger partial charge is 0.393 e. The van der Waals surface area contributed by atoms with Gasteiger partial charge in [-0.1, -0.05) is 60.1 Å². The second-order valence-corrected chi connectivity index (χ2v) is 13.2. The summed E-state index contributed by atoms with van der Waals surface area (Å²) in [5.74, 6) is 6.96. The molecule has 172 valence electrons. The zero-order valence-electron chi connectivity index (χ0n) is 21.1. The molecule has 0 bridgehead atoms. The topological polar surface area (TPSA) is 20.2 Å². The van der Waals surface area contributed by atoms with Crippen LogP contribution in [0, 0.1) is 58.2 Å². The van der Waals surface area contributed by atoms with Crippen LogP contribution >= 0.6 is 0 Å². The lowest BCUT2D eigenvalue weighted by Gasteiger charge is -2.58. The quantitative estimate of drug-likeness (QED) is 0.454. The highest BCUT2D eigenvalue weighted by Gasteiger charge is 2.59. The fraction of sp³-hybridized carbons (Fsp3) is 0.931. The number of allylic oxidation sites excluding steroid dienone is 1. The first-order chi connectivity index (χ1) is 14.1. The third-order valence-corrected chi connectivity index (χ3v) is 11.6. The van der Waals surface area contributed by atoms with E-state index in [0.717, 1.165) is 60.2 Å². The summed E-state index contributed by atoms with van der Waals surface area (Å²) in [7, 11) is 0. The molecule has 1 nitrogen and oxygen atoms in total. The molecule has 0 heterocycles. The fourth-order valence-electron chi connectivity index (χ4n) is 9.02. The SMILES string of the molecule is CC(C)[C@H](C)C[C@H](C)[C@@H](C)[C@H]1CC[C@H]2[C@@H]3CC=C4C[C@@H](O)CC[C@]4(C)[C@H]3CC[C@]12C. The summed E-state index contributed by atoms with van der Waals surface area (Å²) in [6, 6.07) is 0. The first kappa shape index (κ1) is 22.9. The van der Waals surface area contributed by atoms with Crippen LogP contribution in [0.25, 0.3) is 0 Å². The standard InChI is InChI=1S/C29H50O/c1-18(2)19(3)16-20(4)21(5)25-10-11-26-24-9-8-22-17-23(30)12-14-28(22,6)27(24)13-15-29(25,26)7/h8,18-21,23-27,30H,9-17H2,1-7H3/t19-,20+,21-,23+,24+,25-,26+,27+,28+,29-/m1/s1. The Morgan fingerprint density at radius 3 is 2.37 bits per heavy atom. The molecule has 4 aliphatic rings. The third kappa shape index (κ3) is 3.64. The molecule has 3 saturated carbocycles. The van der Waals surface area contributed by atoms with Gasteiger partial charge in [-0.15, -0.1) is 0 Å². The van der Waals surface area contributed by atoms with Gasteiger partial charge in [0.2, 0.25) is 0 Å². The van der Waals surface area contributed by atoms with Gasteiger partial charge in [0, 0.05) is 0 Å². The molecule has 1 heteroatoms. The summed E-state index contributed by atoms with van der Waals surface area (Å²) in [5.41, 5.74) is 2.56. The molecular formula is C29H50O. The Bertz CT molecular complexity index is 649. The van der Waals surface area contributed by atoms with Crippen LogP contribution in [0.4, 0.5) is 0 Å². The van der Waals surface area contributed by atoms with Gasteiger partial charge in [0.05, 0.1) is 6.10 Å². The molecule has 0 radical (unpaired) electrons. The minimum Gasteiger partial charge on any atom is -0.393 e.